The Morgan fingerprint density at radius 1 is 1.33 bits per heavy atom. The number of alkyl halides is 3. The summed E-state index contributed by atoms with van der Waals surface area (Å²) >= 11 is 0. The van der Waals surface area contributed by atoms with Crippen LogP contribution in [0.2, 0.25) is 0 Å². The van der Waals surface area contributed by atoms with Gasteiger partial charge in [0.05, 0.1) is 18.2 Å². The van der Waals surface area contributed by atoms with Crippen molar-refractivity contribution in [2.24, 2.45) is 5.73 Å². The smallest absolute Gasteiger partial charge is 0.380 e. The van der Waals surface area contributed by atoms with Crippen molar-refractivity contribution in [2.75, 3.05) is 20.2 Å². The van der Waals surface area contributed by atoms with Gasteiger partial charge in [0.2, 0.25) is 5.82 Å². The maximum absolute atomic E-state index is 12.8. The number of fused-ring (bicyclic) bond motifs is 1. The van der Waals surface area contributed by atoms with E-state index < -0.39 is 17.5 Å². The second-order valence-electron chi connectivity index (χ2n) is 5.45. The van der Waals surface area contributed by atoms with Gasteiger partial charge in [-0.05, 0) is 13.8 Å². The first-order valence-corrected chi connectivity index (χ1v) is 6.71. The molecule has 120 valence electrons. The number of halogens is 3. The van der Waals surface area contributed by atoms with Crippen LogP contribution >= 0.6 is 0 Å². The van der Waals surface area contributed by atoms with E-state index in [4.69, 9.17) is 10.5 Å². The fraction of sp³-hybridized carbons (Fsp3) is 0.833. The molecule has 0 bridgehead atoms. The average molecular weight is 307 g/mol. The normalized spacial score (nSPS) is 20.9. The van der Waals surface area contributed by atoms with Gasteiger partial charge in [0, 0.05) is 26.7 Å². The van der Waals surface area contributed by atoms with Crippen molar-refractivity contribution in [3.8, 4) is 0 Å². The molecule has 2 heterocycles. The number of aromatic nitrogens is 3. The van der Waals surface area contributed by atoms with E-state index in [1.54, 1.807) is 7.11 Å². The van der Waals surface area contributed by atoms with Crippen LogP contribution in [0.4, 0.5) is 13.2 Å². The number of rotatable bonds is 4. The Labute approximate surface area is 121 Å². The SMILES string of the molecule is COC(C)C(C)(CN)N1CCn2c(nnc2C(F)(F)F)C1. The predicted molar refractivity (Wildman–Crippen MR) is 69.4 cm³/mol. The molecule has 0 saturated carbocycles. The third-order valence-corrected chi connectivity index (χ3v) is 4.37. The van der Waals surface area contributed by atoms with E-state index in [2.05, 4.69) is 10.2 Å². The summed E-state index contributed by atoms with van der Waals surface area (Å²) in [6.45, 7) is 5.07. The fourth-order valence-corrected chi connectivity index (χ4v) is 2.61. The van der Waals surface area contributed by atoms with Gasteiger partial charge in [-0.15, -0.1) is 10.2 Å². The standard InChI is InChI=1S/C12H20F3N5O/c1-8(21-3)11(2,7-16)19-4-5-20-9(6-19)17-18-10(20)12(13,14)15/h8H,4-7,16H2,1-3H3. The Morgan fingerprint density at radius 3 is 2.52 bits per heavy atom. The third kappa shape index (κ3) is 2.77. The first kappa shape index (κ1) is 16.2. The number of nitrogens with zero attached hydrogens (tertiary/aromatic N) is 4. The molecule has 0 aliphatic carbocycles. The number of nitrogens with two attached hydrogens (primary N) is 1. The molecule has 2 N–H and O–H groups in total. The zero-order valence-corrected chi connectivity index (χ0v) is 12.3. The number of methoxy groups -OCH3 is 1. The molecule has 0 amide bonds. The first-order chi connectivity index (χ1) is 9.74. The minimum atomic E-state index is -4.48. The van der Waals surface area contributed by atoms with Crippen molar-refractivity contribution >= 4 is 0 Å². The third-order valence-electron chi connectivity index (χ3n) is 4.37. The van der Waals surface area contributed by atoms with Crippen LogP contribution in [-0.4, -0.2) is 51.5 Å². The lowest BCUT2D eigenvalue weighted by molar-refractivity contribution is -0.148. The zero-order valence-electron chi connectivity index (χ0n) is 12.3. The predicted octanol–water partition coefficient (Wildman–Crippen LogP) is 0.865. The molecule has 0 aromatic carbocycles. The molecule has 0 fully saturated rings. The van der Waals surface area contributed by atoms with E-state index >= 15 is 0 Å². The van der Waals surface area contributed by atoms with Gasteiger partial charge in [0.15, 0.2) is 0 Å². The largest absolute Gasteiger partial charge is 0.451 e. The lowest BCUT2D eigenvalue weighted by atomic mass is 9.92. The highest BCUT2D eigenvalue weighted by Crippen LogP contribution is 2.31. The summed E-state index contributed by atoms with van der Waals surface area (Å²) in [4.78, 5) is 2.01. The van der Waals surface area contributed by atoms with Crippen LogP contribution in [0.15, 0.2) is 0 Å². The van der Waals surface area contributed by atoms with Gasteiger partial charge in [0.1, 0.15) is 5.82 Å². The maximum atomic E-state index is 12.8. The summed E-state index contributed by atoms with van der Waals surface area (Å²) in [5.41, 5.74) is 5.40. The maximum Gasteiger partial charge on any atom is 0.451 e. The highest BCUT2D eigenvalue weighted by molar-refractivity contribution is 5.05. The van der Waals surface area contributed by atoms with Crippen LogP contribution in [0.3, 0.4) is 0 Å². The van der Waals surface area contributed by atoms with Gasteiger partial charge in [-0.3, -0.25) is 4.90 Å². The minimum Gasteiger partial charge on any atom is -0.380 e. The topological polar surface area (TPSA) is 69.2 Å². The van der Waals surface area contributed by atoms with E-state index in [-0.39, 0.29) is 19.2 Å². The molecule has 1 aliphatic rings. The van der Waals surface area contributed by atoms with Crippen LogP contribution in [0.1, 0.15) is 25.5 Å². The van der Waals surface area contributed by atoms with E-state index in [9.17, 15) is 13.2 Å². The van der Waals surface area contributed by atoms with Gasteiger partial charge in [-0.1, -0.05) is 0 Å². The number of ether oxygens (including phenoxy) is 1. The van der Waals surface area contributed by atoms with Gasteiger partial charge in [0.25, 0.3) is 0 Å². The van der Waals surface area contributed by atoms with Crippen LogP contribution in [-0.2, 0) is 24.0 Å². The highest BCUT2D eigenvalue weighted by Gasteiger charge is 2.43. The molecular formula is C12H20F3N5O. The monoisotopic (exact) mass is 307 g/mol. The Kier molecular flexibility index (Phi) is 4.27. The van der Waals surface area contributed by atoms with E-state index in [1.807, 2.05) is 18.7 Å². The van der Waals surface area contributed by atoms with E-state index in [1.165, 1.54) is 0 Å². The summed E-state index contributed by atoms with van der Waals surface area (Å²) in [7, 11) is 1.59. The summed E-state index contributed by atoms with van der Waals surface area (Å²) in [6, 6.07) is 0. The van der Waals surface area contributed by atoms with Gasteiger partial charge >= 0.3 is 6.18 Å². The Hall–Kier alpha value is -1.19. The molecule has 1 aromatic rings. The lowest BCUT2D eigenvalue weighted by Crippen LogP contribution is -2.60. The summed E-state index contributed by atoms with van der Waals surface area (Å²) in [6.07, 6.45) is -4.64. The number of hydrogen-bond donors (Lipinski definition) is 1. The first-order valence-electron chi connectivity index (χ1n) is 6.71. The van der Waals surface area contributed by atoms with Crippen molar-refractivity contribution in [3.63, 3.8) is 0 Å². The fourth-order valence-electron chi connectivity index (χ4n) is 2.61. The van der Waals surface area contributed by atoms with Crippen molar-refractivity contribution in [2.45, 2.75) is 44.8 Å². The van der Waals surface area contributed by atoms with Crippen molar-refractivity contribution in [1.29, 1.82) is 0 Å². The molecule has 1 aromatic heterocycles. The molecular weight excluding hydrogens is 287 g/mol. The molecule has 0 saturated heterocycles. The van der Waals surface area contributed by atoms with Crippen LogP contribution in [0.5, 0.6) is 0 Å². The van der Waals surface area contributed by atoms with Gasteiger partial charge in [-0.2, -0.15) is 13.2 Å². The summed E-state index contributed by atoms with van der Waals surface area (Å²) in [5.74, 6) is -0.636. The van der Waals surface area contributed by atoms with Gasteiger partial charge in [-0.25, -0.2) is 0 Å². The molecule has 6 nitrogen and oxygen atoms in total. The zero-order chi connectivity index (χ0) is 15.8. The van der Waals surface area contributed by atoms with E-state index in [0.717, 1.165) is 4.57 Å². The second-order valence-corrected chi connectivity index (χ2v) is 5.45. The summed E-state index contributed by atoms with van der Waals surface area (Å²) in [5, 5.41) is 6.95. The van der Waals surface area contributed by atoms with E-state index in [0.29, 0.717) is 18.9 Å². The molecule has 2 atom stereocenters. The minimum absolute atomic E-state index is 0.154. The quantitative estimate of drug-likeness (QED) is 0.894. The molecule has 2 unspecified atom stereocenters. The average Bonchev–Trinajstić information content (AvgIpc) is 2.88. The Bertz CT molecular complexity index is 504. The van der Waals surface area contributed by atoms with Crippen molar-refractivity contribution in [1.82, 2.24) is 19.7 Å². The van der Waals surface area contributed by atoms with Crippen molar-refractivity contribution in [3.05, 3.63) is 11.6 Å². The molecule has 2 rings (SSSR count). The summed E-state index contributed by atoms with van der Waals surface area (Å²) < 4.78 is 44.9. The molecule has 0 spiro atoms. The Balaban J connectivity index is 2.26. The van der Waals surface area contributed by atoms with Crippen molar-refractivity contribution < 1.29 is 17.9 Å². The van der Waals surface area contributed by atoms with Crippen LogP contribution < -0.4 is 5.73 Å². The van der Waals surface area contributed by atoms with Gasteiger partial charge < -0.3 is 15.0 Å². The lowest BCUT2D eigenvalue weighted by Gasteiger charge is -2.45. The Morgan fingerprint density at radius 2 is 2.00 bits per heavy atom. The molecule has 9 heteroatoms. The van der Waals surface area contributed by atoms with Crippen LogP contribution in [0, 0.1) is 0 Å². The second kappa shape index (κ2) is 5.54. The van der Waals surface area contributed by atoms with Crippen LogP contribution in [0.25, 0.3) is 0 Å². The number of hydrogen-bond acceptors (Lipinski definition) is 5. The molecule has 21 heavy (non-hydrogen) atoms. The highest BCUT2D eigenvalue weighted by atomic mass is 19.4. The molecule has 1 aliphatic heterocycles. The molecule has 0 radical (unpaired) electrons.